The van der Waals surface area contributed by atoms with Crippen LogP contribution in [0.4, 0.5) is 4.39 Å². The summed E-state index contributed by atoms with van der Waals surface area (Å²) in [6, 6.07) is 4.60. The Morgan fingerprint density at radius 1 is 1.17 bits per heavy atom. The first kappa shape index (κ1) is 21.0. The zero-order chi connectivity index (χ0) is 20.6. The Hall–Kier alpha value is -2.77. The summed E-state index contributed by atoms with van der Waals surface area (Å²) in [5, 5.41) is 9.56. The van der Waals surface area contributed by atoms with E-state index >= 15 is 0 Å². The van der Waals surface area contributed by atoms with Gasteiger partial charge in [-0.2, -0.15) is 4.98 Å². The molecular formula is C21H27FN4O3. The van der Waals surface area contributed by atoms with Crippen LogP contribution in [-0.4, -0.2) is 35.0 Å². The Balaban J connectivity index is 1.36. The van der Waals surface area contributed by atoms with Crippen LogP contribution in [-0.2, 0) is 16.0 Å². The Bertz CT molecular complexity index is 846. The van der Waals surface area contributed by atoms with E-state index in [9.17, 15) is 14.0 Å². The molecule has 0 atom stereocenters. The lowest BCUT2D eigenvalue weighted by molar-refractivity contribution is -0.126. The normalized spacial score (nSPS) is 14.6. The molecule has 1 aliphatic rings. The summed E-state index contributed by atoms with van der Waals surface area (Å²) in [5.74, 6) is 0.500. The highest BCUT2D eigenvalue weighted by atomic mass is 19.1. The summed E-state index contributed by atoms with van der Waals surface area (Å²) in [7, 11) is 0. The Morgan fingerprint density at radius 2 is 1.93 bits per heavy atom. The summed E-state index contributed by atoms with van der Waals surface area (Å²) >= 11 is 0. The van der Waals surface area contributed by atoms with Crippen molar-refractivity contribution in [2.24, 2.45) is 5.92 Å². The maximum atomic E-state index is 13.4. The number of hydrogen-bond donors (Lipinski definition) is 2. The molecule has 1 heterocycles. The molecule has 1 aliphatic carbocycles. The van der Waals surface area contributed by atoms with Crippen molar-refractivity contribution in [3.05, 3.63) is 35.5 Å². The first-order chi connectivity index (χ1) is 14.0. The standard InChI is InChI=1S/C21H27FN4O3/c1-14-13-16(7-8-17(14)22)20-25-19(29-26-20)10-9-18(27)23-11-12-24-21(28)15-5-3-2-4-6-15/h7-8,13,15H,2-6,9-12H2,1H3,(H,23,27)(H,24,28). The fourth-order valence-electron chi connectivity index (χ4n) is 3.46. The molecule has 29 heavy (non-hydrogen) atoms. The summed E-state index contributed by atoms with van der Waals surface area (Å²) < 4.78 is 18.5. The van der Waals surface area contributed by atoms with E-state index < -0.39 is 0 Å². The maximum absolute atomic E-state index is 13.4. The molecule has 8 heteroatoms. The van der Waals surface area contributed by atoms with E-state index in [0.717, 1.165) is 25.7 Å². The second-order valence-electron chi connectivity index (χ2n) is 7.45. The first-order valence-corrected chi connectivity index (χ1v) is 10.2. The van der Waals surface area contributed by atoms with Gasteiger partial charge in [0.2, 0.25) is 23.5 Å². The summed E-state index contributed by atoms with van der Waals surface area (Å²) in [6.45, 7) is 2.48. The summed E-state index contributed by atoms with van der Waals surface area (Å²) in [6.07, 6.45) is 5.89. The SMILES string of the molecule is Cc1cc(-c2noc(CCC(=O)NCCNC(=O)C3CCCCC3)n2)ccc1F. The molecule has 7 nitrogen and oxygen atoms in total. The van der Waals surface area contributed by atoms with Crippen LogP contribution in [0, 0.1) is 18.7 Å². The number of rotatable bonds is 8. The van der Waals surface area contributed by atoms with Crippen molar-refractivity contribution in [1.82, 2.24) is 20.8 Å². The Morgan fingerprint density at radius 3 is 2.69 bits per heavy atom. The molecule has 0 saturated heterocycles. The van der Waals surface area contributed by atoms with E-state index in [1.807, 2.05) is 0 Å². The molecule has 2 amide bonds. The van der Waals surface area contributed by atoms with Crippen LogP contribution in [0.1, 0.15) is 50.0 Å². The van der Waals surface area contributed by atoms with Gasteiger partial charge in [0.25, 0.3) is 0 Å². The quantitative estimate of drug-likeness (QED) is 0.662. The van der Waals surface area contributed by atoms with Crippen molar-refractivity contribution in [1.29, 1.82) is 0 Å². The number of carbonyl (C=O) groups excluding carboxylic acids is 2. The molecule has 1 fully saturated rings. The van der Waals surface area contributed by atoms with Gasteiger partial charge in [0.05, 0.1) is 0 Å². The minimum absolute atomic E-state index is 0.0911. The van der Waals surface area contributed by atoms with Crippen LogP contribution in [0.5, 0.6) is 0 Å². The Kier molecular flexibility index (Phi) is 7.32. The number of hydrogen-bond acceptors (Lipinski definition) is 5. The number of amides is 2. The molecule has 3 rings (SSSR count). The minimum Gasteiger partial charge on any atom is -0.354 e. The second-order valence-corrected chi connectivity index (χ2v) is 7.45. The van der Waals surface area contributed by atoms with Gasteiger partial charge in [0, 0.05) is 37.4 Å². The second kappa shape index (κ2) is 10.1. The van der Waals surface area contributed by atoms with Gasteiger partial charge >= 0.3 is 0 Å². The highest BCUT2D eigenvalue weighted by Crippen LogP contribution is 2.23. The fraction of sp³-hybridized carbons (Fsp3) is 0.524. The van der Waals surface area contributed by atoms with Crippen LogP contribution < -0.4 is 10.6 Å². The van der Waals surface area contributed by atoms with Gasteiger partial charge in [-0.1, -0.05) is 24.4 Å². The van der Waals surface area contributed by atoms with Crippen LogP contribution in [0.2, 0.25) is 0 Å². The molecule has 1 aromatic carbocycles. The lowest BCUT2D eigenvalue weighted by Gasteiger charge is -2.20. The highest BCUT2D eigenvalue weighted by Gasteiger charge is 2.20. The predicted octanol–water partition coefficient (Wildman–Crippen LogP) is 2.93. The molecule has 2 aromatic rings. The van der Waals surface area contributed by atoms with Crippen molar-refractivity contribution in [2.45, 2.75) is 51.9 Å². The number of aryl methyl sites for hydroxylation is 2. The predicted molar refractivity (Wildman–Crippen MR) is 105 cm³/mol. The number of benzene rings is 1. The molecule has 0 bridgehead atoms. The molecule has 1 saturated carbocycles. The third-order valence-electron chi connectivity index (χ3n) is 5.17. The van der Waals surface area contributed by atoms with Gasteiger partial charge < -0.3 is 15.2 Å². The van der Waals surface area contributed by atoms with Crippen LogP contribution >= 0.6 is 0 Å². The molecule has 0 unspecified atom stereocenters. The topological polar surface area (TPSA) is 97.1 Å². The number of halogens is 1. The molecule has 2 N–H and O–H groups in total. The largest absolute Gasteiger partial charge is 0.354 e. The number of aromatic nitrogens is 2. The number of carbonyl (C=O) groups is 2. The van der Waals surface area contributed by atoms with Gasteiger partial charge in [-0.05, 0) is 43.5 Å². The average Bonchev–Trinajstić information content (AvgIpc) is 3.21. The van der Waals surface area contributed by atoms with E-state index in [0.29, 0.717) is 42.4 Å². The number of nitrogens with one attached hydrogen (secondary N) is 2. The molecule has 0 radical (unpaired) electrons. The van der Waals surface area contributed by atoms with Gasteiger partial charge in [0.1, 0.15) is 5.82 Å². The fourth-order valence-corrected chi connectivity index (χ4v) is 3.46. The highest BCUT2D eigenvalue weighted by molar-refractivity contribution is 5.79. The van der Waals surface area contributed by atoms with Gasteiger partial charge in [-0.15, -0.1) is 0 Å². The van der Waals surface area contributed by atoms with E-state index in [2.05, 4.69) is 20.8 Å². The van der Waals surface area contributed by atoms with Crippen LogP contribution in [0.15, 0.2) is 22.7 Å². The maximum Gasteiger partial charge on any atom is 0.227 e. The van der Waals surface area contributed by atoms with Gasteiger partial charge in [0.15, 0.2) is 0 Å². The molecular weight excluding hydrogens is 375 g/mol. The monoisotopic (exact) mass is 402 g/mol. The minimum atomic E-state index is -0.288. The molecule has 0 aliphatic heterocycles. The third-order valence-corrected chi connectivity index (χ3v) is 5.17. The van der Waals surface area contributed by atoms with E-state index in [1.165, 1.54) is 12.5 Å². The Labute approximate surface area is 169 Å². The average molecular weight is 402 g/mol. The zero-order valence-electron chi connectivity index (χ0n) is 16.7. The lowest BCUT2D eigenvalue weighted by Crippen LogP contribution is -2.38. The van der Waals surface area contributed by atoms with Crippen molar-refractivity contribution >= 4 is 11.8 Å². The molecule has 156 valence electrons. The van der Waals surface area contributed by atoms with E-state index in [-0.39, 0.29) is 30.0 Å². The number of nitrogens with zero attached hydrogens (tertiary/aromatic N) is 2. The van der Waals surface area contributed by atoms with Crippen molar-refractivity contribution in [3.8, 4) is 11.4 Å². The molecule has 0 spiro atoms. The summed E-state index contributed by atoms with van der Waals surface area (Å²) in [5.41, 5.74) is 1.17. The van der Waals surface area contributed by atoms with Crippen molar-refractivity contribution < 1.29 is 18.5 Å². The van der Waals surface area contributed by atoms with Crippen LogP contribution in [0.25, 0.3) is 11.4 Å². The molecule has 1 aromatic heterocycles. The van der Waals surface area contributed by atoms with E-state index in [1.54, 1.807) is 19.1 Å². The van der Waals surface area contributed by atoms with Crippen LogP contribution in [0.3, 0.4) is 0 Å². The first-order valence-electron chi connectivity index (χ1n) is 10.2. The van der Waals surface area contributed by atoms with Gasteiger partial charge in [-0.25, -0.2) is 4.39 Å². The van der Waals surface area contributed by atoms with E-state index in [4.69, 9.17) is 4.52 Å². The summed E-state index contributed by atoms with van der Waals surface area (Å²) in [4.78, 5) is 28.3. The third kappa shape index (κ3) is 6.10. The lowest BCUT2D eigenvalue weighted by atomic mass is 9.89. The smallest absolute Gasteiger partial charge is 0.227 e. The zero-order valence-corrected chi connectivity index (χ0v) is 16.7. The van der Waals surface area contributed by atoms with Crippen molar-refractivity contribution in [2.75, 3.05) is 13.1 Å². The van der Waals surface area contributed by atoms with Crippen molar-refractivity contribution in [3.63, 3.8) is 0 Å². The van der Waals surface area contributed by atoms with Gasteiger partial charge in [-0.3, -0.25) is 9.59 Å².